The van der Waals surface area contributed by atoms with Crippen LogP contribution in [0.3, 0.4) is 0 Å². The Kier molecular flexibility index (Phi) is 2.61. The molecule has 4 nitrogen and oxygen atoms in total. The van der Waals surface area contributed by atoms with E-state index in [9.17, 15) is 5.11 Å². The van der Waals surface area contributed by atoms with Gasteiger partial charge in [0.15, 0.2) is 0 Å². The molecule has 24 heavy (non-hydrogen) atoms. The van der Waals surface area contributed by atoms with E-state index in [-0.39, 0.29) is 5.75 Å². The van der Waals surface area contributed by atoms with Gasteiger partial charge in [-0.05, 0) is 47.2 Å². The maximum atomic E-state index is 10.3. The normalized spacial score (nSPS) is 11.5. The van der Waals surface area contributed by atoms with Crippen LogP contribution in [0.5, 0.6) is 5.75 Å². The van der Waals surface area contributed by atoms with E-state index >= 15 is 0 Å². The second-order valence-corrected chi connectivity index (χ2v) is 5.83. The van der Waals surface area contributed by atoms with Crippen molar-refractivity contribution in [1.82, 2.24) is 15.0 Å². The fourth-order valence-electron chi connectivity index (χ4n) is 3.14. The fourth-order valence-corrected chi connectivity index (χ4v) is 3.14. The van der Waals surface area contributed by atoms with Crippen molar-refractivity contribution in [1.29, 1.82) is 0 Å². The zero-order valence-electron chi connectivity index (χ0n) is 12.7. The molecule has 0 spiro atoms. The second kappa shape index (κ2) is 4.80. The Morgan fingerprint density at radius 3 is 1.92 bits per heavy atom. The average Bonchev–Trinajstić information content (AvgIpc) is 3.04. The zero-order chi connectivity index (χ0) is 16.1. The van der Waals surface area contributed by atoms with E-state index in [2.05, 4.69) is 22.3 Å². The predicted octanol–water partition coefficient (Wildman–Crippen LogP) is 4.43. The van der Waals surface area contributed by atoms with Crippen LogP contribution in [0.15, 0.2) is 72.8 Å². The first-order valence-corrected chi connectivity index (χ1v) is 7.76. The number of benzene rings is 4. The molecule has 0 radical (unpaired) electrons. The lowest BCUT2D eigenvalue weighted by Gasteiger charge is -2.09. The molecular weight excluding hydrogens is 298 g/mol. The van der Waals surface area contributed by atoms with Crippen molar-refractivity contribution in [2.45, 2.75) is 0 Å². The molecule has 5 aromatic rings. The summed E-state index contributed by atoms with van der Waals surface area (Å²) in [5.41, 5.74) is 2.55. The average molecular weight is 311 g/mol. The second-order valence-electron chi connectivity index (χ2n) is 5.83. The van der Waals surface area contributed by atoms with E-state index < -0.39 is 0 Å². The van der Waals surface area contributed by atoms with Gasteiger partial charge < -0.3 is 5.11 Å². The van der Waals surface area contributed by atoms with E-state index in [1.54, 1.807) is 10.9 Å². The minimum Gasteiger partial charge on any atom is -0.507 e. The van der Waals surface area contributed by atoms with Gasteiger partial charge in [0.2, 0.25) is 0 Å². The molecule has 1 N–H and O–H groups in total. The van der Waals surface area contributed by atoms with E-state index in [1.165, 1.54) is 0 Å². The van der Waals surface area contributed by atoms with E-state index in [0.29, 0.717) is 0 Å². The van der Waals surface area contributed by atoms with Gasteiger partial charge in [-0.1, -0.05) is 36.4 Å². The number of nitrogens with zero attached hydrogens (tertiary/aromatic N) is 3. The van der Waals surface area contributed by atoms with Crippen LogP contribution in [0.1, 0.15) is 0 Å². The van der Waals surface area contributed by atoms with E-state index in [4.69, 9.17) is 0 Å². The lowest BCUT2D eigenvalue weighted by Crippen LogP contribution is -1.99. The van der Waals surface area contributed by atoms with Crippen molar-refractivity contribution in [2.75, 3.05) is 0 Å². The molecule has 0 saturated carbocycles. The molecule has 1 aromatic heterocycles. The minimum absolute atomic E-state index is 0.260. The van der Waals surface area contributed by atoms with Gasteiger partial charge in [-0.25, -0.2) is 0 Å². The van der Waals surface area contributed by atoms with Crippen LogP contribution in [-0.4, -0.2) is 20.1 Å². The molecular formula is C20H13N3O. The molecule has 0 amide bonds. The maximum Gasteiger partial charge on any atom is 0.123 e. The number of rotatable bonds is 1. The van der Waals surface area contributed by atoms with Crippen molar-refractivity contribution in [3.8, 4) is 11.4 Å². The number of aromatic nitrogens is 3. The Labute approximate surface area is 137 Å². The summed E-state index contributed by atoms with van der Waals surface area (Å²) in [6.45, 7) is 0. The molecule has 114 valence electrons. The van der Waals surface area contributed by atoms with Crippen LogP contribution in [0.4, 0.5) is 0 Å². The number of hydrogen-bond acceptors (Lipinski definition) is 3. The van der Waals surface area contributed by atoms with Crippen molar-refractivity contribution in [3.05, 3.63) is 72.8 Å². The van der Waals surface area contributed by atoms with Gasteiger partial charge in [0.05, 0.1) is 5.69 Å². The highest BCUT2D eigenvalue weighted by Crippen LogP contribution is 2.33. The highest BCUT2D eigenvalue weighted by molar-refractivity contribution is 6.04. The van der Waals surface area contributed by atoms with Crippen molar-refractivity contribution in [2.24, 2.45) is 0 Å². The molecule has 0 aliphatic heterocycles. The third-order valence-electron chi connectivity index (χ3n) is 4.34. The number of phenolic OH excluding ortho intramolecular Hbond substituents is 1. The first-order valence-electron chi connectivity index (χ1n) is 7.76. The van der Waals surface area contributed by atoms with Gasteiger partial charge in [0, 0.05) is 10.8 Å². The molecule has 0 aliphatic rings. The summed E-state index contributed by atoms with van der Waals surface area (Å²) in [6.07, 6.45) is 0. The summed E-state index contributed by atoms with van der Waals surface area (Å²) >= 11 is 0. The van der Waals surface area contributed by atoms with Crippen LogP contribution >= 0.6 is 0 Å². The number of fused-ring (bicyclic) bond motifs is 3. The minimum atomic E-state index is 0.260. The number of hydrogen-bond donors (Lipinski definition) is 1. The van der Waals surface area contributed by atoms with Crippen LogP contribution in [0.2, 0.25) is 0 Å². The topological polar surface area (TPSA) is 50.9 Å². The third kappa shape index (κ3) is 1.86. The first-order chi connectivity index (χ1) is 11.8. The summed E-state index contributed by atoms with van der Waals surface area (Å²) in [5.74, 6) is 0.260. The lowest BCUT2D eigenvalue weighted by atomic mass is 10.0. The molecule has 4 aromatic carbocycles. The Morgan fingerprint density at radius 1 is 0.667 bits per heavy atom. The van der Waals surface area contributed by atoms with Crippen LogP contribution in [0.25, 0.3) is 38.3 Å². The van der Waals surface area contributed by atoms with Gasteiger partial charge >= 0.3 is 0 Å². The molecule has 0 fully saturated rings. The van der Waals surface area contributed by atoms with Gasteiger partial charge in [-0.2, -0.15) is 0 Å². The van der Waals surface area contributed by atoms with E-state index in [0.717, 1.165) is 38.3 Å². The summed E-state index contributed by atoms with van der Waals surface area (Å²) in [6, 6.07) is 23.5. The van der Waals surface area contributed by atoms with Gasteiger partial charge in [0.1, 0.15) is 16.8 Å². The fraction of sp³-hybridized carbons (Fsp3) is 0. The van der Waals surface area contributed by atoms with Crippen molar-refractivity contribution >= 4 is 32.6 Å². The van der Waals surface area contributed by atoms with Gasteiger partial charge in [0.25, 0.3) is 0 Å². The lowest BCUT2D eigenvalue weighted by molar-refractivity contribution is 0.481. The molecule has 0 unspecified atom stereocenters. The van der Waals surface area contributed by atoms with Crippen LogP contribution in [-0.2, 0) is 0 Å². The largest absolute Gasteiger partial charge is 0.507 e. The molecule has 0 saturated heterocycles. The Balaban J connectivity index is 1.87. The summed E-state index contributed by atoms with van der Waals surface area (Å²) in [4.78, 5) is 1.64. The zero-order valence-corrected chi connectivity index (χ0v) is 12.7. The summed E-state index contributed by atoms with van der Waals surface area (Å²) < 4.78 is 0. The van der Waals surface area contributed by atoms with Crippen molar-refractivity contribution in [3.63, 3.8) is 0 Å². The number of aromatic hydroxyl groups is 1. The molecule has 0 bridgehead atoms. The quantitative estimate of drug-likeness (QED) is 0.466. The standard InChI is InChI=1S/C20H13N3O/c24-20-10-9-19(23-21-17-7-3-4-8-18(17)22-23)15-11-13-5-1-2-6-14(13)12-16(15)20/h1-12,24H. The highest BCUT2D eigenvalue weighted by atomic mass is 16.3. The third-order valence-corrected chi connectivity index (χ3v) is 4.34. The highest BCUT2D eigenvalue weighted by Gasteiger charge is 2.11. The Bertz CT molecular complexity index is 1190. The molecule has 0 atom stereocenters. The summed E-state index contributed by atoms with van der Waals surface area (Å²) in [5, 5.41) is 23.4. The Hall–Kier alpha value is -3.40. The molecule has 4 heteroatoms. The van der Waals surface area contributed by atoms with Gasteiger partial charge in [-0.3, -0.25) is 0 Å². The summed E-state index contributed by atoms with van der Waals surface area (Å²) in [7, 11) is 0. The van der Waals surface area contributed by atoms with Crippen LogP contribution in [0, 0.1) is 0 Å². The SMILES string of the molecule is Oc1ccc(-n2nc3ccccc3n2)c2cc3ccccc3cc12. The molecule has 1 heterocycles. The monoisotopic (exact) mass is 311 g/mol. The van der Waals surface area contributed by atoms with Crippen LogP contribution < -0.4 is 0 Å². The smallest absolute Gasteiger partial charge is 0.123 e. The molecule has 0 aliphatic carbocycles. The van der Waals surface area contributed by atoms with Crippen molar-refractivity contribution < 1.29 is 5.11 Å². The number of phenols is 1. The maximum absolute atomic E-state index is 10.3. The first kappa shape index (κ1) is 13.1. The Morgan fingerprint density at radius 2 is 1.25 bits per heavy atom. The predicted molar refractivity (Wildman–Crippen MR) is 95.5 cm³/mol. The van der Waals surface area contributed by atoms with Gasteiger partial charge in [-0.15, -0.1) is 15.0 Å². The molecule has 5 rings (SSSR count). The van der Waals surface area contributed by atoms with E-state index in [1.807, 2.05) is 54.6 Å².